The zero-order valence-corrected chi connectivity index (χ0v) is 14.2. The lowest BCUT2D eigenvalue weighted by Gasteiger charge is -2.39. The minimum Gasteiger partial charge on any atom is -0.370 e. The fourth-order valence-corrected chi connectivity index (χ4v) is 3.38. The van der Waals surface area contributed by atoms with Gasteiger partial charge < -0.3 is 10.6 Å². The maximum atomic E-state index is 11.2. The van der Waals surface area contributed by atoms with Gasteiger partial charge in [-0.05, 0) is 49.7 Å². The molecule has 1 saturated heterocycles. The molecule has 4 nitrogen and oxygen atoms in total. The first-order chi connectivity index (χ1) is 11.6. The van der Waals surface area contributed by atoms with Crippen molar-refractivity contribution in [3.8, 4) is 0 Å². The van der Waals surface area contributed by atoms with Gasteiger partial charge in [0.05, 0.1) is 0 Å². The Kier molecular flexibility index (Phi) is 5.16. The fourth-order valence-electron chi connectivity index (χ4n) is 3.38. The van der Waals surface area contributed by atoms with E-state index in [1.165, 1.54) is 24.1 Å². The van der Waals surface area contributed by atoms with E-state index in [0.717, 1.165) is 19.6 Å². The minimum absolute atomic E-state index is 0.374. The van der Waals surface area contributed by atoms with Crippen molar-refractivity contribution in [2.24, 2.45) is 5.73 Å². The molecule has 1 amide bonds. The van der Waals surface area contributed by atoms with Gasteiger partial charge in [0.25, 0.3) is 0 Å². The van der Waals surface area contributed by atoms with E-state index in [4.69, 9.17) is 5.73 Å². The Labute approximate surface area is 143 Å². The van der Waals surface area contributed by atoms with E-state index in [-0.39, 0.29) is 5.91 Å². The molecule has 0 bridgehead atoms. The number of piperidine rings is 1. The second-order valence-electron chi connectivity index (χ2n) is 6.55. The van der Waals surface area contributed by atoms with Crippen molar-refractivity contribution < 1.29 is 4.79 Å². The Bertz CT molecular complexity index is 669. The third-order valence-electron chi connectivity index (χ3n) is 4.81. The lowest BCUT2D eigenvalue weighted by molar-refractivity contribution is 0.100. The smallest absolute Gasteiger partial charge is 0.248 e. The summed E-state index contributed by atoms with van der Waals surface area (Å²) in [6.45, 7) is 3.06. The van der Waals surface area contributed by atoms with Crippen molar-refractivity contribution >= 4 is 11.6 Å². The predicted molar refractivity (Wildman–Crippen MR) is 98.1 cm³/mol. The third kappa shape index (κ3) is 3.95. The molecule has 1 aliphatic heterocycles. The summed E-state index contributed by atoms with van der Waals surface area (Å²) in [5.41, 5.74) is 8.38. The molecule has 0 aromatic heterocycles. The second-order valence-corrected chi connectivity index (χ2v) is 6.55. The van der Waals surface area contributed by atoms with E-state index < -0.39 is 0 Å². The first-order valence-electron chi connectivity index (χ1n) is 8.52. The molecule has 2 N–H and O–H groups in total. The van der Waals surface area contributed by atoms with Crippen LogP contribution in [0.1, 0.15) is 28.8 Å². The van der Waals surface area contributed by atoms with Crippen molar-refractivity contribution in [3.63, 3.8) is 0 Å². The highest BCUT2D eigenvalue weighted by atomic mass is 16.1. The lowest BCUT2D eigenvalue weighted by Crippen LogP contribution is -2.46. The number of likely N-dealkylation sites (N-methyl/N-ethyl adjacent to an activating group) is 1. The number of hydrogen-bond acceptors (Lipinski definition) is 3. The molecule has 1 fully saturated rings. The second kappa shape index (κ2) is 7.49. The highest BCUT2D eigenvalue weighted by Crippen LogP contribution is 2.22. The number of rotatable bonds is 5. The van der Waals surface area contributed by atoms with Crippen LogP contribution in [0.3, 0.4) is 0 Å². The monoisotopic (exact) mass is 323 g/mol. The first-order valence-corrected chi connectivity index (χ1v) is 8.52. The maximum Gasteiger partial charge on any atom is 0.248 e. The number of primary amides is 1. The van der Waals surface area contributed by atoms with Gasteiger partial charge in [0.2, 0.25) is 5.91 Å². The molecule has 0 saturated carbocycles. The van der Waals surface area contributed by atoms with Gasteiger partial charge in [0, 0.05) is 36.9 Å². The first kappa shape index (κ1) is 16.5. The number of carbonyl (C=O) groups is 1. The van der Waals surface area contributed by atoms with Crippen molar-refractivity contribution in [2.75, 3.05) is 25.0 Å². The molecule has 0 radical (unpaired) electrons. The summed E-state index contributed by atoms with van der Waals surface area (Å²) >= 11 is 0. The standard InChI is InChI=1S/C20H25N3O/c1-22(14-16-9-11-17(12-10-16)20(21)24)19-8-5-13-23(15-19)18-6-3-2-4-7-18/h2-4,6-7,9-12,19H,5,8,13-15H2,1H3,(H2,21,24)/t19-/m1/s1. The largest absolute Gasteiger partial charge is 0.370 e. The van der Waals surface area contributed by atoms with Crippen molar-refractivity contribution in [1.82, 2.24) is 4.90 Å². The number of hydrogen-bond donors (Lipinski definition) is 1. The minimum atomic E-state index is -0.374. The van der Waals surface area contributed by atoms with E-state index in [2.05, 4.69) is 47.2 Å². The summed E-state index contributed by atoms with van der Waals surface area (Å²) in [4.78, 5) is 16.0. The van der Waals surface area contributed by atoms with Gasteiger partial charge in [-0.2, -0.15) is 0 Å². The van der Waals surface area contributed by atoms with Crippen LogP contribution in [0.25, 0.3) is 0 Å². The summed E-state index contributed by atoms with van der Waals surface area (Å²) in [5, 5.41) is 0. The highest BCUT2D eigenvalue weighted by Gasteiger charge is 2.23. The number of para-hydroxylation sites is 1. The summed E-state index contributed by atoms with van der Waals surface area (Å²) < 4.78 is 0. The Balaban J connectivity index is 1.62. The van der Waals surface area contributed by atoms with Crippen LogP contribution >= 0.6 is 0 Å². The van der Waals surface area contributed by atoms with Gasteiger partial charge in [-0.3, -0.25) is 9.69 Å². The van der Waals surface area contributed by atoms with Gasteiger partial charge in [-0.15, -0.1) is 0 Å². The number of nitrogens with zero attached hydrogens (tertiary/aromatic N) is 2. The SMILES string of the molecule is CN(Cc1ccc(C(N)=O)cc1)[C@@H]1CCCN(c2ccccc2)C1. The molecule has 2 aromatic carbocycles. The normalized spacial score (nSPS) is 17.9. The molecule has 4 heteroatoms. The van der Waals surface area contributed by atoms with E-state index >= 15 is 0 Å². The quantitative estimate of drug-likeness (QED) is 0.920. The number of nitrogens with two attached hydrogens (primary N) is 1. The van der Waals surface area contributed by atoms with Crippen LogP contribution in [0.15, 0.2) is 54.6 Å². The topological polar surface area (TPSA) is 49.6 Å². The van der Waals surface area contributed by atoms with E-state index in [1.54, 1.807) is 0 Å². The van der Waals surface area contributed by atoms with E-state index in [9.17, 15) is 4.79 Å². The fraction of sp³-hybridized carbons (Fsp3) is 0.350. The molecule has 1 atom stereocenters. The van der Waals surface area contributed by atoms with Crippen LogP contribution in [-0.4, -0.2) is 37.0 Å². The Morgan fingerprint density at radius 1 is 1.17 bits per heavy atom. The van der Waals surface area contributed by atoms with Gasteiger partial charge in [0.1, 0.15) is 0 Å². The Morgan fingerprint density at radius 2 is 1.88 bits per heavy atom. The Morgan fingerprint density at radius 3 is 2.54 bits per heavy atom. The van der Waals surface area contributed by atoms with Crippen LogP contribution in [0, 0.1) is 0 Å². The van der Waals surface area contributed by atoms with Crippen molar-refractivity contribution in [2.45, 2.75) is 25.4 Å². The van der Waals surface area contributed by atoms with Gasteiger partial charge >= 0.3 is 0 Å². The molecule has 24 heavy (non-hydrogen) atoms. The third-order valence-corrected chi connectivity index (χ3v) is 4.81. The van der Waals surface area contributed by atoms with Gasteiger partial charge in [-0.25, -0.2) is 0 Å². The van der Waals surface area contributed by atoms with Crippen LogP contribution in [-0.2, 0) is 6.54 Å². The van der Waals surface area contributed by atoms with Crippen LogP contribution in [0.2, 0.25) is 0 Å². The number of carbonyl (C=O) groups excluding carboxylic acids is 1. The molecule has 2 aromatic rings. The molecule has 0 aliphatic carbocycles. The van der Waals surface area contributed by atoms with E-state index in [1.807, 2.05) is 24.3 Å². The molecule has 1 heterocycles. The summed E-state index contributed by atoms with van der Waals surface area (Å²) in [6.07, 6.45) is 2.43. The molecular formula is C20H25N3O. The highest BCUT2D eigenvalue weighted by molar-refractivity contribution is 5.92. The summed E-state index contributed by atoms with van der Waals surface area (Å²) in [6, 6.07) is 18.8. The molecule has 0 spiro atoms. The van der Waals surface area contributed by atoms with Crippen molar-refractivity contribution in [1.29, 1.82) is 0 Å². The molecular weight excluding hydrogens is 298 g/mol. The van der Waals surface area contributed by atoms with Gasteiger partial charge in [-0.1, -0.05) is 30.3 Å². The van der Waals surface area contributed by atoms with Crippen molar-refractivity contribution in [3.05, 3.63) is 65.7 Å². The van der Waals surface area contributed by atoms with Crippen LogP contribution in [0.5, 0.6) is 0 Å². The zero-order valence-electron chi connectivity index (χ0n) is 14.2. The lowest BCUT2D eigenvalue weighted by atomic mass is 10.0. The van der Waals surface area contributed by atoms with Gasteiger partial charge in [0.15, 0.2) is 0 Å². The average Bonchev–Trinajstić information content (AvgIpc) is 2.63. The number of benzene rings is 2. The van der Waals surface area contributed by atoms with Crippen LogP contribution in [0.4, 0.5) is 5.69 Å². The number of amides is 1. The molecule has 1 aliphatic rings. The molecule has 0 unspecified atom stereocenters. The predicted octanol–water partition coefficient (Wildman–Crippen LogP) is 2.89. The maximum absolute atomic E-state index is 11.2. The average molecular weight is 323 g/mol. The zero-order chi connectivity index (χ0) is 16.9. The summed E-state index contributed by atoms with van der Waals surface area (Å²) in [7, 11) is 2.18. The number of anilines is 1. The summed E-state index contributed by atoms with van der Waals surface area (Å²) in [5.74, 6) is -0.374. The molecule has 126 valence electrons. The van der Waals surface area contributed by atoms with Crippen LogP contribution < -0.4 is 10.6 Å². The molecule has 3 rings (SSSR count). The van der Waals surface area contributed by atoms with E-state index in [0.29, 0.717) is 11.6 Å². The Hall–Kier alpha value is -2.33.